The van der Waals surface area contributed by atoms with E-state index in [4.69, 9.17) is 18.9 Å². The lowest BCUT2D eigenvalue weighted by Crippen LogP contribution is -2.25. The first-order chi connectivity index (χ1) is 22.0. The van der Waals surface area contributed by atoms with Crippen LogP contribution in [0.3, 0.4) is 0 Å². The minimum absolute atomic E-state index is 0.0597. The Morgan fingerprint density at radius 1 is 1.04 bits per heavy atom. The van der Waals surface area contributed by atoms with E-state index in [1.54, 1.807) is 16.8 Å². The number of rotatable bonds is 8. The van der Waals surface area contributed by atoms with Gasteiger partial charge in [0.2, 0.25) is 5.88 Å². The molecule has 45 heavy (non-hydrogen) atoms. The smallest absolute Gasteiger partial charge is 0.284 e. The van der Waals surface area contributed by atoms with Crippen LogP contribution in [0.1, 0.15) is 35.3 Å². The van der Waals surface area contributed by atoms with E-state index < -0.39 is 17.3 Å². The Labute approximate surface area is 257 Å². The number of para-hydroxylation sites is 1. The standard InChI is InChI=1S/C33H30FN5O6/c1-42-28-16-23-25(17-29(28)44-22-12-14-43-18-22)35-19-36-32(23)45-27-11-10-20(15-24(27)34)37-31(40)30-26-9-5-6-13-38(26)39(33(30)41)21-7-3-2-4-8-21/h2-4,7-8,10-11,15-17,19,22H,5-6,9,12-14,18H2,1H3,(H,37,40). The summed E-state index contributed by atoms with van der Waals surface area (Å²) in [5.74, 6) is -0.351. The molecule has 3 aromatic carbocycles. The number of aromatic nitrogens is 4. The van der Waals surface area contributed by atoms with Crippen molar-refractivity contribution in [2.45, 2.75) is 38.3 Å². The monoisotopic (exact) mass is 611 g/mol. The van der Waals surface area contributed by atoms with Gasteiger partial charge in [0.25, 0.3) is 11.5 Å². The van der Waals surface area contributed by atoms with E-state index in [0.29, 0.717) is 60.0 Å². The number of carbonyl (C=O) groups is 1. The summed E-state index contributed by atoms with van der Waals surface area (Å²) in [4.78, 5) is 35.5. The van der Waals surface area contributed by atoms with Gasteiger partial charge < -0.3 is 24.3 Å². The minimum Gasteiger partial charge on any atom is -0.493 e. The quantitative estimate of drug-likeness (QED) is 0.252. The molecule has 5 aromatic rings. The van der Waals surface area contributed by atoms with Crippen molar-refractivity contribution in [2.75, 3.05) is 25.6 Å². The number of amides is 1. The van der Waals surface area contributed by atoms with Gasteiger partial charge in [0.05, 0.1) is 42.6 Å². The van der Waals surface area contributed by atoms with Crippen molar-refractivity contribution in [1.29, 1.82) is 0 Å². The highest BCUT2D eigenvalue weighted by molar-refractivity contribution is 6.05. The first-order valence-electron chi connectivity index (χ1n) is 14.8. The van der Waals surface area contributed by atoms with E-state index >= 15 is 4.39 Å². The molecule has 2 aromatic heterocycles. The van der Waals surface area contributed by atoms with Gasteiger partial charge in [-0.15, -0.1) is 0 Å². The summed E-state index contributed by atoms with van der Waals surface area (Å²) >= 11 is 0. The Morgan fingerprint density at radius 2 is 1.91 bits per heavy atom. The molecule has 11 nitrogen and oxygen atoms in total. The molecule has 12 heteroatoms. The van der Waals surface area contributed by atoms with Crippen molar-refractivity contribution in [3.8, 4) is 28.8 Å². The maximum atomic E-state index is 15.4. The average Bonchev–Trinajstić information content (AvgIpc) is 3.67. The van der Waals surface area contributed by atoms with Crippen LogP contribution in [-0.4, -0.2) is 51.7 Å². The predicted molar refractivity (Wildman–Crippen MR) is 163 cm³/mol. The zero-order chi connectivity index (χ0) is 30.9. The Kier molecular flexibility index (Phi) is 7.64. The van der Waals surface area contributed by atoms with E-state index in [1.165, 1.54) is 25.6 Å². The van der Waals surface area contributed by atoms with Crippen molar-refractivity contribution in [3.05, 3.63) is 94.4 Å². The minimum atomic E-state index is -0.728. The molecule has 0 aliphatic carbocycles. The lowest BCUT2D eigenvalue weighted by Gasteiger charge is -2.19. The van der Waals surface area contributed by atoms with Gasteiger partial charge in [0.15, 0.2) is 23.1 Å². The van der Waals surface area contributed by atoms with Crippen LogP contribution in [0.25, 0.3) is 16.6 Å². The van der Waals surface area contributed by atoms with Crippen molar-refractivity contribution in [3.63, 3.8) is 0 Å². The number of nitrogens with one attached hydrogen (secondary N) is 1. The van der Waals surface area contributed by atoms with E-state index in [2.05, 4.69) is 15.3 Å². The van der Waals surface area contributed by atoms with Gasteiger partial charge in [-0.25, -0.2) is 19.0 Å². The normalized spacial score (nSPS) is 15.9. The molecule has 1 unspecified atom stereocenters. The zero-order valence-electron chi connectivity index (χ0n) is 24.5. The number of halogens is 1. The molecule has 1 atom stereocenters. The molecule has 2 aliphatic rings. The van der Waals surface area contributed by atoms with Crippen LogP contribution in [-0.2, 0) is 17.7 Å². The number of nitrogens with zero attached hydrogens (tertiary/aromatic N) is 4. The SMILES string of the molecule is COc1cc2c(Oc3ccc(NC(=O)c4c5n(n(-c6ccccc6)c4=O)CCCC5)cc3F)ncnc2cc1OC1CCOC1. The molecule has 1 fully saturated rings. The topological polar surface area (TPSA) is 119 Å². The molecule has 7 rings (SSSR count). The Hall–Kier alpha value is -5.23. The van der Waals surface area contributed by atoms with Crippen LogP contribution in [0.15, 0.2) is 71.8 Å². The highest BCUT2D eigenvalue weighted by Gasteiger charge is 2.28. The van der Waals surface area contributed by atoms with Gasteiger partial charge in [-0.05, 0) is 49.6 Å². The fourth-order valence-corrected chi connectivity index (χ4v) is 5.80. The lowest BCUT2D eigenvalue weighted by molar-refractivity contribution is 0.102. The molecule has 0 radical (unpaired) electrons. The van der Waals surface area contributed by atoms with Crippen LogP contribution < -0.4 is 25.1 Å². The molecule has 0 bridgehead atoms. The number of hydrogen-bond acceptors (Lipinski definition) is 8. The first kappa shape index (κ1) is 28.5. The summed E-state index contributed by atoms with van der Waals surface area (Å²) in [6.45, 7) is 1.76. The Bertz CT molecular complexity index is 1950. The Balaban J connectivity index is 1.14. The second kappa shape index (κ2) is 12.0. The summed E-state index contributed by atoms with van der Waals surface area (Å²) in [6, 6.07) is 16.7. The van der Waals surface area contributed by atoms with E-state index in [0.717, 1.165) is 25.3 Å². The van der Waals surface area contributed by atoms with Gasteiger partial charge >= 0.3 is 0 Å². The second-order valence-electron chi connectivity index (χ2n) is 10.9. The summed E-state index contributed by atoms with van der Waals surface area (Å²) in [6.07, 6.45) is 4.37. The number of carbonyl (C=O) groups excluding carboxylic acids is 1. The molecular formula is C33H30FN5O6. The maximum absolute atomic E-state index is 15.4. The van der Waals surface area contributed by atoms with Gasteiger partial charge in [-0.3, -0.25) is 14.3 Å². The van der Waals surface area contributed by atoms with Crippen LogP contribution in [0.5, 0.6) is 23.1 Å². The van der Waals surface area contributed by atoms with E-state index in [1.807, 2.05) is 35.0 Å². The van der Waals surface area contributed by atoms with Crippen molar-refractivity contribution in [2.24, 2.45) is 0 Å². The third-order valence-electron chi connectivity index (χ3n) is 7.97. The number of benzene rings is 3. The fraction of sp³-hybridized carbons (Fsp3) is 0.273. The molecule has 0 spiro atoms. The number of ether oxygens (including phenoxy) is 4. The third kappa shape index (κ3) is 5.48. The summed E-state index contributed by atoms with van der Waals surface area (Å²) in [7, 11) is 1.52. The maximum Gasteiger partial charge on any atom is 0.284 e. The highest BCUT2D eigenvalue weighted by Crippen LogP contribution is 2.37. The summed E-state index contributed by atoms with van der Waals surface area (Å²) < 4.78 is 41.6. The zero-order valence-corrected chi connectivity index (χ0v) is 24.5. The number of methoxy groups -OCH3 is 1. The molecule has 1 N–H and O–H groups in total. The molecule has 2 aliphatic heterocycles. The second-order valence-corrected chi connectivity index (χ2v) is 10.9. The fourth-order valence-electron chi connectivity index (χ4n) is 5.80. The molecule has 1 saturated heterocycles. The first-order valence-corrected chi connectivity index (χ1v) is 14.8. The highest BCUT2D eigenvalue weighted by atomic mass is 19.1. The van der Waals surface area contributed by atoms with Crippen LogP contribution in [0, 0.1) is 5.82 Å². The molecule has 230 valence electrons. The van der Waals surface area contributed by atoms with E-state index in [9.17, 15) is 9.59 Å². The number of fused-ring (bicyclic) bond motifs is 2. The van der Waals surface area contributed by atoms with Gasteiger partial charge in [0.1, 0.15) is 18.0 Å². The largest absolute Gasteiger partial charge is 0.493 e. The molecular weight excluding hydrogens is 581 g/mol. The number of anilines is 1. The summed E-state index contributed by atoms with van der Waals surface area (Å²) in [5, 5.41) is 3.19. The Morgan fingerprint density at radius 3 is 2.69 bits per heavy atom. The number of hydrogen-bond donors (Lipinski definition) is 1. The summed E-state index contributed by atoms with van der Waals surface area (Å²) in [5.41, 5.74) is 1.70. The van der Waals surface area contributed by atoms with Crippen LogP contribution in [0.2, 0.25) is 0 Å². The van der Waals surface area contributed by atoms with Crippen molar-refractivity contribution < 1.29 is 28.1 Å². The predicted octanol–water partition coefficient (Wildman–Crippen LogP) is 5.28. The van der Waals surface area contributed by atoms with Crippen molar-refractivity contribution in [1.82, 2.24) is 19.3 Å². The van der Waals surface area contributed by atoms with Crippen LogP contribution in [0.4, 0.5) is 10.1 Å². The van der Waals surface area contributed by atoms with Gasteiger partial charge in [-0.1, -0.05) is 18.2 Å². The average molecular weight is 612 g/mol. The molecule has 4 heterocycles. The van der Waals surface area contributed by atoms with Gasteiger partial charge in [0, 0.05) is 30.8 Å². The van der Waals surface area contributed by atoms with Gasteiger partial charge in [-0.2, -0.15) is 0 Å². The third-order valence-corrected chi connectivity index (χ3v) is 7.97. The lowest BCUT2D eigenvalue weighted by atomic mass is 10.1. The van der Waals surface area contributed by atoms with E-state index in [-0.39, 0.29) is 29.0 Å². The van der Waals surface area contributed by atoms with Crippen molar-refractivity contribution >= 4 is 22.5 Å². The molecule has 0 saturated carbocycles. The van der Waals surface area contributed by atoms with Crippen LogP contribution >= 0.6 is 0 Å². The molecule has 1 amide bonds.